The lowest BCUT2D eigenvalue weighted by Gasteiger charge is -2.32. The Morgan fingerprint density at radius 2 is 2.15 bits per heavy atom. The summed E-state index contributed by atoms with van der Waals surface area (Å²) < 4.78 is 5.49. The molecule has 2 unspecified atom stereocenters. The summed E-state index contributed by atoms with van der Waals surface area (Å²) in [5, 5.41) is 3.36. The summed E-state index contributed by atoms with van der Waals surface area (Å²) in [5.41, 5.74) is 2.66. The molecule has 2 atom stereocenters. The van der Waals surface area contributed by atoms with Crippen LogP contribution in [0.4, 0.5) is 0 Å². The molecule has 0 saturated carbocycles. The topological polar surface area (TPSA) is 41.6 Å². The van der Waals surface area contributed by atoms with Crippen LogP contribution < -0.4 is 5.32 Å². The SMILES string of the molecule is CCNC1COCC1C(=O)N1CCc2ccccc2C1. The average Bonchev–Trinajstić information content (AvgIpc) is 2.94. The Hall–Kier alpha value is -1.39. The molecule has 2 aliphatic rings. The van der Waals surface area contributed by atoms with Crippen molar-refractivity contribution in [2.75, 3.05) is 26.3 Å². The van der Waals surface area contributed by atoms with E-state index in [0.29, 0.717) is 13.2 Å². The van der Waals surface area contributed by atoms with E-state index in [4.69, 9.17) is 4.74 Å². The molecule has 3 rings (SSSR count). The van der Waals surface area contributed by atoms with Gasteiger partial charge in [-0.3, -0.25) is 4.79 Å². The van der Waals surface area contributed by atoms with Crippen molar-refractivity contribution in [1.29, 1.82) is 0 Å². The molecular weight excluding hydrogens is 252 g/mol. The first kappa shape index (κ1) is 13.6. The molecule has 2 aliphatic heterocycles. The number of benzene rings is 1. The van der Waals surface area contributed by atoms with Crippen molar-refractivity contribution < 1.29 is 9.53 Å². The first-order valence-corrected chi connectivity index (χ1v) is 7.46. The van der Waals surface area contributed by atoms with E-state index >= 15 is 0 Å². The third-order valence-corrected chi connectivity index (χ3v) is 4.31. The van der Waals surface area contributed by atoms with Gasteiger partial charge in [0, 0.05) is 19.1 Å². The number of rotatable bonds is 3. The van der Waals surface area contributed by atoms with Gasteiger partial charge in [0.25, 0.3) is 0 Å². The molecule has 108 valence electrons. The minimum Gasteiger partial charge on any atom is -0.379 e. The summed E-state index contributed by atoms with van der Waals surface area (Å²) in [6, 6.07) is 8.58. The number of likely N-dealkylation sites (N-methyl/N-ethyl adjacent to an activating group) is 1. The average molecular weight is 274 g/mol. The lowest BCUT2D eigenvalue weighted by atomic mass is 9.96. The summed E-state index contributed by atoms with van der Waals surface area (Å²) in [6.07, 6.45) is 0.960. The Bertz CT molecular complexity index is 489. The predicted molar refractivity (Wildman–Crippen MR) is 77.3 cm³/mol. The molecule has 0 aliphatic carbocycles. The number of hydrogen-bond donors (Lipinski definition) is 1. The van der Waals surface area contributed by atoms with Crippen LogP contribution in [0.25, 0.3) is 0 Å². The van der Waals surface area contributed by atoms with Crippen LogP contribution in [0.1, 0.15) is 18.1 Å². The third kappa shape index (κ3) is 2.58. The largest absolute Gasteiger partial charge is 0.379 e. The molecule has 4 nitrogen and oxygen atoms in total. The smallest absolute Gasteiger partial charge is 0.229 e. The minimum atomic E-state index is -0.0276. The van der Waals surface area contributed by atoms with Gasteiger partial charge in [-0.05, 0) is 24.1 Å². The highest BCUT2D eigenvalue weighted by Crippen LogP contribution is 2.23. The highest BCUT2D eigenvalue weighted by atomic mass is 16.5. The van der Waals surface area contributed by atoms with E-state index < -0.39 is 0 Å². The summed E-state index contributed by atoms with van der Waals surface area (Å²) in [6.45, 7) is 5.70. The van der Waals surface area contributed by atoms with Gasteiger partial charge in [0.05, 0.1) is 19.1 Å². The van der Waals surface area contributed by atoms with E-state index in [1.54, 1.807) is 0 Å². The summed E-state index contributed by atoms with van der Waals surface area (Å²) in [7, 11) is 0. The van der Waals surface area contributed by atoms with E-state index in [2.05, 4.69) is 30.4 Å². The molecule has 0 aromatic heterocycles. The highest BCUT2D eigenvalue weighted by molar-refractivity contribution is 5.80. The van der Waals surface area contributed by atoms with Crippen molar-refractivity contribution in [2.24, 2.45) is 5.92 Å². The van der Waals surface area contributed by atoms with Crippen molar-refractivity contribution in [3.8, 4) is 0 Å². The quantitative estimate of drug-likeness (QED) is 0.900. The van der Waals surface area contributed by atoms with Gasteiger partial charge < -0.3 is 15.0 Å². The zero-order valence-corrected chi connectivity index (χ0v) is 12.0. The number of carbonyl (C=O) groups excluding carboxylic acids is 1. The van der Waals surface area contributed by atoms with Crippen LogP contribution in [0.3, 0.4) is 0 Å². The maximum atomic E-state index is 12.7. The van der Waals surface area contributed by atoms with Crippen molar-refractivity contribution in [3.63, 3.8) is 0 Å². The predicted octanol–water partition coefficient (Wildman–Crippen LogP) is 1.20. The molecule has 1 aromatic rings. The van der Waals surface area contributed by atoms with E-state index in [1.165, 1.54) is 11.1 Å². The standard InChI is InChI=1S/C16H22N2O2/c1-2-17-15-11-20-10-14(15)16(19)18-8-7-12-5-3-4-6-13(12)9-18/h3-6,14-15,17H,2,7-11H2,1H3. The highest BCUT2D eigenvalue weighted by Gasteiger charge is 2.36. The van der Waals surface area contributed by atoms with E-state index in [-0.39, 0.29) is 17.9 Å². The Morgan fingerprint density at radius 3 is 2.95 bits per heavy atom. The van der Waals surface area contributed by atoms with Gasteiger partial charge in [0.1, 0.15) is 0 Å². The van der Waals surface area contributed by atoms with Gasteiger partial charge in [0.2, 0.25) is 5.91 Å². The maximum absolute atomic E-state index is 12.7. The molecule has 1 saturated heterocycles. The maximum Gasteiger partial charge on any atom is 0.229 e. The summed E-state index contributed by atoms with van der Waals surface area (Å²) >= 11 is 0. The molecule has 2 heterocycles. The molecule has 1 fully saturated rings. The first-order valence-electron chi connectivity index (χ1n) is 7.46. The number of nitrogens with zero attached hydrogens (tertiary/aromatic N) is 1. The zero-order valence-electron chi connectivity index (χ0n) is 12.0. The van der Waals surface area contributed by atoms with Crippen molar-refractivity contribution >= 4 is 5.91 Å². The second-order valence-corrected chi connectivity index (χ2v) is 5.59. The van der Waals surface area contributed by atoms with Crippen LogP contribution >= 0.6 is 0 Å². The van der Waals surface area contributed by atoms with Crippen molar-refractivity contribution in [1.82, 2.24) is 10.2 Å². The van der Waals surface area contributed by atoms with Gasteiger partial charge >= 0.3 is 0 Å². The molecule has 20 heavy (non-hydrogen) atoms. The second kappa shape index (κ2) is 5.94. The summed E-state index contributed by atoms with van der Waals surface area (Å²) in [5.74, 6) is 0.211. The van der Waals surface area contributed by atoms with Crippen LogP contribution in [0.5, 0.6) is 0 Å². The molecule has 0 bridgehead atoms. The van der Waals surface area contributed by atoms with Gasteiger partial charge in [-0.25, -0.2) is 0 Å². The van der Waals surface area contributed by atoms with E-state index in [1.807, 2.05) is 11.0 Å². The Balaban J connectivity index is 1.69. The second-order valence-electron chi connectivity index (χ2n) is 5.59. The number of amides is 1. The van der Waals surface area contributed by atoms with Crippen LogP contribution in [-0.4, -0.2) is 43.2 Å². The normalized spacial score (nSPS) is 25.6. The van der Waals surface area contributed by atoms with Gasteiger partial charge in [0.15, 0.2) is 0 Å². The van der Waals surface area contributed by atoms with Crippen molar-refractivity contribution in [3.05, 3.63) is 35.4 Å². The van der Waals surface area contributed by atoms with E-state index in [9.17, 15) is 4.79 Å². The molecule has 4 heteroatoms. The molecule has 1 amide bonds. The molecule has 0 spiro atoms. The number of nitrogens with one attached hydrogen (secondary N) is 1. The van der Waals surface area contributed by atoms with Gasteiger partial charge in [-0.2, -0.15) is 0 Å². The monoisotopic (exact) mass is 274 g/mol. The lowest BCUT2D eigenvalue weighted by Crippen LogP contribution is -2.47. The molecule has 1 N–H and O–H groups in total. The van der Waals surface area contributed by atoms with Crippen molar-refractivity contribution in [2.45, 2.75) is 25.9 Å². The van der Waals surface area contributed by atoms with Gasteiger partial charge in [-0.15, -0.1) is 0 Å². The van der Waals surface area contributed by atoms with Gasteiger partial charge in [-0.1, -0.05) is 31.2 Å². The zero-order chi connectivity index (χ0) is 13.9. The molecular formula is C16H22N2O2. The van der Waals surface area contributed by atoms with Crippen LogP contribution in [-0.2, 0) is 22.5 Å². The Morgan fingerprint density at radius 1 is 1.35 bits per heavy atom. The lowest BCUT2D eigenvalue weighted by molar-refractivity contribution is -0.137. The number of fused-ring (bicyclic) bond motifs is 1. The number of ether oxygens (including phenoxy) is 1. The summed E-state index contributed by atoms with van der Waals surface area (Å²) in [4.78, 5) is 14.7. The minimum absolute atomic E-state index is 0.0276. The molecule has 1 aromatic carbocycles. The number of carbonyl (C=O) groups is 1. The fourth-order valence-corrected chi connectivity index (χ4v) is 3.18. The fraction of sp³-hybridized carbons (Fsp3) is 0.562. The van der Waals surface area contributed by atoms with Crippen LogP contribution in [0.2, 0.25) is 0 Å². The van der Waals surface area contributed by atoms with Crippen LogP contribution in [0.15, 0.2) is 24.3 Å². The number of hydrogen-bond acceptors (Lipinski definition) is 3. The Labute approximate surface area is 120 Å². The Kier molecular flexibility index (Phi) is 4.03. The van der Waals surface area contributed by atoms with Crippen LogP contribution in [0, 0.1) is 5.92 Å². The first-order chi connectivity index (χ1) is 9.79. The van der Waals surface area contributed by atoms with E-state index in [0.717, 1.165) is 26.1 Å². The third-order valence-electron chi connectivity index (χ3n) is 4.31. The fourth-order valence-electron chi connectivity index (χ4n) is 3.18. The molecule has 0 radical (unpaired) electrons.